The van der Waals surface area contributed by atoms with Gasteiger partial charge in [-0.25, -0.2) is 4.98 Å². The van der Waals surface area contributed by atoms with E-state index in [0.29, 0.717) is 24.5 Å². The molecule has 3 aromatic rings. The predicted octanol–water partition coefficient (Wildman–Crippen LogP) is 4.65. The van der Waals surface area contributed by atoms with Gasteiger partial charge in [-0.15, -0.1) is 10.2 Å². The lowest BCUT2D eigenvalue weighted by molar-refractivity contribution is -0.152. The number of carboxylic acids is 1. The molecule has 4 rings (SSSR count). The molecule has 0 atom stereocenters. The Morgan fingerprint density at radius 2 is 1.80 bits per heavy atom. The maximum absolute atomic E-state index is 13.3. The quantitative estimate of drug-likeness (QED) is 0.498. The molecule has 0 amide bonds. The van der Waals surface area contributed by atoms with Crippen LogP contribution in [0.3, 0.4) is 0 Å². The topological polar surface area (TPSA) is 104 Å². The summed E-state index contributed by atoms with van der Waals surface area (Å²) in [7, 11) is 0. The monoisotopic (exact) mass is 489 g/mol. The molecule has 1 aliphatic rings. The Kier molecular flexibility index (Phi) is 6.79. The molecule has 2 aromatic heterocycles. The summed E-state index contributed by atoms with van der Waals surface area (Å²) in [5.41, 5.74) is -1.18. The van der Waals surface area contributed by atoms with Crippen LogP contribution in [0.2, 0.25) is 0 Å². The lowest BCUT2D eigenvalue weighted by Gasteiger charge is -2.34. The Bertz CT molecular complexity index is 1170. The minimum Gasteiger partial charge on any atom is -0.481 e. The van der Waals surface area contributed by atoms with Crippen LogP contribution in [0.5, 0.6) is 0 Å². The van der Waals surface area contributed by atoms with Crippen molar-refractivity contribution in [2.24, 2.45) is 5.41 Å². The highest BCUT2D eigenvalue weighted by molar-refractivity contribution is 5.73. The summed E-state index contributed by atoms with van der Waals surface area (Å²) in [6.07, 6.45) is -1.39. The summed E-state index contributed by atoms with van der Waals surface area (Å²) in [5.74, 6) is 0.234. The number of nitrogens with one attached hydrogen (secondary N) is 1. The van der Waals surface area contributed by atoms with Crippen LogP contribution >= 0.6 is 0 Å². The molecule has 2 N–H and O–H groups in total. The number of hydrogen-bond acceptors (Lipinski definition) is 6. The maximum Gasteiger partial charge on any atom is 0.417 e. The van der Waals surface area contributed by atoms with Crippen molar-refractivity contribution in [3.8, 4) is 22.8 Å². The molecule has 1 aliphatic heterocycles. The minimum atomic E-state index is -4.50. The number of carbonyl (C=O) groups is 1. The summed E-state index contributed by atoms with van der Waals surface area (Å²) >= 11 is 0. The Hall–Kier alpha value is -3.47. The molecule has 0 saturated carbocycles. The van der Waals surface area contributed by atoms with E-state index in [9.17, 15) is 23.1 Å². The van der Waals surface area contributed by atoms with Crippen LogP contribution in [-0.2, 0) is 15.7 Å². The third-order valence-corrected chi connectivity index (χ3v) is 6.02. The first kappa shape index (κ1) is 24.6. The van der Waals surface area contributed by atoms with E-state index in [2.05, 4.69) is 25.1 Å². The summed E-state index contributed by atoms with van der Waals surface area (Å²) in [4.78, 5) is 20.7. The van der Waals surface area contributed by atoms with Crippen LogP contribution in [0, 0.1) is 5.41 Å². The highest BCUT2D eigenvalue weighted by Gasteiger charge is 2.34. The molecule has 0 bridgehead atoms. The first-order valence-corrected chi connectivity index (χ1v) is 11.2. The zero-order chi connectivity index (χ0) is 25.2. The number of nitrogens with zero attached hydrogens (tertiary/aromatic N) is 4. The van der Waals surface area contributed by atoms with E-state index < -0.39 is 23.1 Å². The Morgan fingerprint density at radius 3 is 2.43 bits per heavy atom. The van der Waals surface area contributed by atoms with Crippen LogP contribution in [0.25, 0.3) is 22.8 Å². The number of aliphatic carboxylic acids is 1. The molecule has 1 aromatic carbocycles. The first-order valence-electron chi connectivity index (χ1n) is 11.2. The van der Waals surface area contributed by atoms with E-state index in [0.717, 1.165) is 24.7 Å². The molecular formula is C24H26F3N5O3. The van der Waals surface area contributed by atoms with Crippen molar-refractivity contribution in [1.82, 2.24) is 20.2 Å². The van der Waals surface area contributed by atoms with Gasteiger partial charge in [0.25, 0.3) is 0 Å². The highest BCUT2D eigenvalue weighted by atomic mass is 19.4. The Balaban J connectivity index is 1.39. The fourth-order valence-electron chi connectivity index (χ4n) is 3.80. The van der Waals surface area contributed by atoms with Gasteiger partial charge in [-0.3, -0.25) is 4.79 Å². The standard InChI is InChI=1S/C24H26F3N5O3/c1-23(2,22(33)34)14-35-16-9-11-32(12-10-16)19-8-7-15(13-28-19)20-29-21(31-30-20)17-5-3-4-6-18(17)24(25,26)27/h3-8,13,16H,9-12,14H2,1-2H3,(H,33,34)(H,29,30,31). The number of aromatic amines is 1. The number of halogens is 3. The molecule has 0 unspecified atom stereocenters. The summed E-state index contributed by atoms with van der Waals surface area (Å²) < 4.78 is 45.8. The fraction of sp³-hybridized carbons (Fsp3) is 0.417. The number of alkyl halides is 3. The average Bonchev–Trinajstić information content (AvgIpc) is 3.33. The van der Waals surface area contributed by atoms with E-state index in [1.165, 1.54) is 18.2 Å². The zero-order valence-electron chi connectivity index (χ0n) is 19.3. The van der Waals surface area contributed by atoms with Crippen molar-refractivity contribution in [3.05, 3.63) is 48.2 Å². The SMILES string of the molecule is CC(C)(COC1CCN(c2ccc(-c3nnc(-c4ccccc4C(F)(F)F)[nH]3)cn2)CC1)C(=O)O. The second-order valence-corrected chi connectivity index (χ2v) is 9.16. The highest BCUT2D eigenvalue weighted by Crippen LogP contribution is 2.36. The molecule has 3 heterocycles. The number of hydrogen-bond donors (Lipinski definition) is 2. The second kappa shape index (κ2) is 9.65. The van der Waals surface area contributed by atoms with Gasteiger partial charge in [0, 0.05) is 30.4 Å². The van der Waals surface area contributed by atoms with Gasteiger partial charge in [-0.1, -0.05) is 18.2 Å². The molecule has 35 heavy (non-hydrogen) atoms. The number of anilines is 1. The number of carboxylic acid groups (broad SMARTS) is 1. The van der Waals surface area contributed by atoms with E-state index in [1.54, 1.807) is 26.1 Å². The van der Waals surface area contributed by atoms with E-state index in [-0.39, 0.29) is 24.1 Å². The van der Waals surface area contributed by atoms with Crippen LogP contribution in [-0.4, -0.2) is 57.0 Å². The van der Waals surface area contributed by atoms with Crippen LogP contribution in [0.15, 0.2) is 42.6 Å². The Labute approximate surface area is 200 Å². The number of benzene rings is 1. The normalized spacial score (nSPS) is 15.4. The van der Waals surface area contributed by atoms with E-state index >= 15 is 0 Å². The first-order chi connectivity index (χ1) is 16.5. The summed E-state index contributed by atoms with van der Waals surface area (Å²) in [6.45, 7) is 4.87. The lowest BCUT2D eigenvalue weighted by atomic mass is 9.95. The third-order valence-electron chi connectivity index (χ3n) is 6.02. The van der Waals surface area contributed by atoms with Gasteiger partial charge in [0.15, 0.2) is 11.6 Å². The smallest absolute Gasteiger partial charge is 0.417 e. The Morgan fingerprint density at radius 1 is 1.11 bits per heavy atom. The number of ether oxygens (including phenoxy) is 1. The maximum atomic E-state index is 13.3. The number of H-pyrrole nitrogens is 1. The fourth-order valence-corrected chi connectivity index (χ4v) is 3.80. The van der Waals surface area contributed by atoms with Crippen molar-refractivity contribution in [3.63, 3.8) is 0 Å². The van der Waals surface area contributed by atoms with Gasteiger partial charge < -0.3 is 19.7 Å². The summed E-state index contributed by atoms with van der Waals surface area (Å²) in [5, 5.41) is 17.1. The van der Waals surface area contributed by atoms with Crippen LogP contribution < -0.4 is 4.90 Å². The lowest BCUT2D eigenvalue weighted by Crippen LogP contribution is -2.39. The van der Waals surface area contributed by atoms with Crippen LogP contribution in [0.4, 0.5) is 19.0 Å². The van der Waals surface area contributed by atoms with E-state index in [4.69, 9.17) is 4.74 Å². The van der Waals surface area contributed by atoms with Crippen LogP contribution in [0.1, 0.15) is 32.3 Å². The van der Waals surface area contributed by atoms with E-state index in [1.807, 2.05) is 6.07 Å². The molecule has 0 spiro atoms. The molecule has 1 fully saturated rings. The van der Waals surface area contributed by atoms with Crippen molar-refractivity contribution in [1.29, 1.82) is 0 Å². The van der Waals surface area contributed by atoms with Gasteiger partial charge >= 0.3 is 12.1 Å². The average molecular weight is 489 g/mol. The molecular weight excluding hydrogens is 463 g/mol. The molecule has 1 saturated heterocycles. The molecule has 0 radical (unpaired) electrons. The molecule has 0 aliphatic carbocycles. The molecule has 8 nitrogen and oxygen atoms in total. The van der Waals surface area contributed by atoms with Crippen molar-refractivity contribution in [2.45, 2.75) is 39.0 Å². The molecule has 11 heteroatoms. The van der Waals surface area contributed by atoms with Gasteiger partial charge in [-0.05, 0) is 44.9 Å². The third kappa shape index (κ3) is 5.61. The number of rotatable bonds is 7. The van der Waals surface area contributed by atoms with Gasteiger partial charge in [-0.2, -0.15) is 13.2 Å². The number of aromatic nitrogens is 4. The van der Waals surface area contributed by atoms with Crippen molar-refractivity contribution >= 4 is 11.8 Å². The van der Waals surface area contributed by atoms with Crippen molar-refractivity contribution < 1.29 is 27.8 Å². The molecule has 186 valence electrons. The number of piperidine rings is 1. The summed E-state index contributed by atoms with van der Waals surface area (Å²) in [6, 6.07) is 8.83. The number of pyridine rings is 1. The largest absolute Gasteiger partial charge is 0.481 e. The second-order valence-electron chi connectivity index (χ2n) is 9.16. The van der Waals surface area contributed by atoms with Gasteiger partial charge in [0.1, 0.15) is 5.82 Å². The van der Waals surface area contributed by atoms with Gasteiger partial charge in [0.2, 0.25) is 0 Å². The minimum absolute atomic E-state index is 0.00339. The predicted molar refractivity (Wildman–Crippen MR) is 123 cm³/mol. The zero-order valence-corrected chi connectivity index (χ0v) is 19.3. The van der Waals surface area contributed by atoms with Crippen molar-refractivity contribution in [2.75, 3.05) is 24.6 Å². The van der Waals surface area contributed by atoms with Gasteiger partial charge in [0.05, 0.1) is 23.7 Å².